The SMILES string of the molecule is C=CCCC[P+](CC)(c1ccccc1)c1ccccc1.F[P-](F)(F)(F)(F)F. The molecule has 0 aliphatic carbocycles. The molecule has 0 unspecified atom stereocenters. The fourth-order valence-corrected chi connectivity index (χ4v) is 6.93. The predicted molar refractivity (Wildman–Crippen MR) is 107 cm³/mol. The van der Waals surface area contributed by atoms with Crippen molar-refractivity contribution in [3.8, 4) is 0 Å². The summed E-state index contributed by atoms with van der Waals surface area (Å²) in [6.45, 7) is 6.21. The molecule has 0 bridgehead atoms. The van der Waals surface area contributed by atoms with E-state index in [-0.39, 0.29) is 0 Å². The Morgan fingerprint density at radius 3 is 1.48 bits per heavy atom. The second kappa shape index (κ2) is 8.32. The average molecular weight is 428 g/mol. The average Bonchev–Trinajstić information content (AvgIpc) is 2.58. The van der Waals surface area contributed by atoms with Gasteiger partial charge in [0.15, 0.2) is 0 Å². The van der Waals surface area contributed by atoms with Gasteiger partial charge in [-0.3, -0.25) is 0 Å². The van der Waals surface area contributed by atoms with Gasteiger partial charge in [0.1, 0.15) is 0 Å². The number of unbranched alkanes of at least 4 members (excludes halogenated alkanes) is 1. The van der Waals surface area contributed by atoms with Crippen LogP contribution in [0.15, 0.2) is 73.3 Å². The minimum atomic E-state index is -10.7. The third-order valence-corrected chi connectivity index (χ3v) is 8.72. The van der Waals surface area contributed by atoms with E-state index < -0.39 is 15.1 Å². The van der Waals surface area contributed by atoms with Crippen LogP contribution in [0.1, 0.15) is 19.8 Å². The van der Waals surface area contributed by atoms with Crippen LogP contribution in [-0.4, -0.2) is 12.3 Å². The molecular weight excluding hydrogens is 404 g/mol. The van der Waals surface area contributed by atoms with Crippen molar-refractivity contribution in [3.05, 3.63) is 73.3 Å². The van der Waals surface area contributed by atoms with Crippen LogP contribution in [0.5, 0.6) is 0 Å². The van der Waals surface area contributed by atoms with Crippen LogP contribution in [-0.2, 0) is 0 Å². The van der Waals surface area contributed by atoms with Gasteiger partial charge in [-0.1, -0.05) is 42.5 Å². The Bertz CT molecular complexity index is 661. The van der Waals surface area contributed by atoms with Crippen LogP contribution in [0.3, 0.4) is 0 Å². The Labute approximate surface area is 156 Å². The molecule has 0 nitrogen and oxygen atoms in total. The van der Waals surface area contributed by atoms with Gasteiger partial charge in [0, 0.05) is 0 Å². The van der Waals surface area contributed by atoms with Gasteiger partial charge in [0.05, 0.1) is 30.2 Å². The van der Waals surface area contributed by atoms with E-state index in [1.807, 2.05) is 6.08 Å². The van der Waals surface area contributed by atoms with Gasteiger partial charge in [-0.15, -0.1) is 6.58 Å². The normalized spacial score (nSPS) is 14.3. The van der Waals surface area contributed by atoms with E-state index in [0.29, 0.717) is 0 Å². The first kappa shape index (κ1) is 23.7. The molecule has 0 N–H and O–H groups in total. The number of hydrogen-bond acceptors (Lipinski definition) is 0. The van der Waals surface area contributed by atoms with Crippen molar-refractivity contribution in [2.24, 2.45) is 0 Å². The zero-order valence-corrected chi connectivity index (χ0v) is 16.8. The summed E-state index contributed by atoms with van der Waals surface area (Å²) in [4.78, 5) is 0. The molecule has 0 radical (unpaired) electrons. The molecule has 0 fully saturated rings. The quantitative estimate of drug-likeness (QED) is 0.181. The molecule has 0 aliphatic rings. The van der Waals surface area contributed by atoms with Crippen LogP contribution in [0.25, 0.3) is 0 Å². The molecule has 152 valence electrons. The number of rotatable bonds is 7. The van der Waals surface area contributed by atoms with E-state index in [0.717, 1.165) is 6.42 Å². The second-order valence-electron chi connectivity index (χ2n) is 6.07. The molecule has 0 aromatic heterocycles. The van der Waals surface area contributed by atoms with Crippen molar-refractivity contribution < 1.29 is 25.2 Å². The molecule has 2 aromatic rings. The number of halogens is 6. The molecule has 8 heteroatoms. The van der Waals surface area contributed by atoms with E-state index in [1.54, 1.807) is 0 Å². The number of benzene rings is 2. The number of hydrogen-bond donors (Lipinski definition) is 0. The topological polar surface area (TPSA) is 0 Å². The van der Waals surface area contributed by atoms with Crippen LogP contribution in [0, 0.1) is 0 Å². The summed E-state index contributed by atoms with van der Waals surface area (Å²) in [5.74, 6) is 0. The van der Waals surface area contributed by atoms with E-state index in [1.165, 1.54) is 29.4 Å². The first-order valence-electron chi connectivity index (χ1n) is 8.44. The van der Waals surface area contributed by atoms with E-state index in [4.69, 9.17) is 0 Å². The zero-order valence-electron chi connectivity index (χ0n) is 15.0. The Morgan fingerprint density at radius 2 is 1.19 bits per heavy atom. The van der Waals surface area contributed by atoms with Crippen molar-refractivity contribution >= 4 is 25.7 Å². The summed E-state index contributed by atoms with van der Waals surface area (Å²) in [7, 11) is -11.9. The molecule has 0 saturated heterocycles. The van der Waals surface area contributed by atoms with Crippen LogP contribution >= 0.6 is 15.1 Å². The second-order valence-corrected chi connectivity index (χ2v) is 12.0. The summed E-state index contributed by atoms with van der Waals surface area (Å²) in [5.41, 5.74) is 0. The predicted octanol–water partition coefficient (Wildman–Crippen LogP) is 8.02. The van der Waals surface area contributed by atoms with Crippen molar-refractivity contribution in [1.82, 2.24) is 0 Å². The van der Waals surface area contributed by atoms with Gasteiger partial charge in [0.2, 0.25) is 0 Å². The minimum absolute atomic E-state index is 1.11. The Morgan fingerprint density at radius 1 is 0.815 bits per heavy atom. The van der Waals surface area contributed by atoms with Gasteiger partial charge < -0.3 is 0 Å². The fraction of sp³-hybridized carbons (Fsp3) is 0.263. The van der Waals surface area contributed by atoms with Crippen molar-refractivity contribution in [2.75, 3.05) is 12.3 Å². The van der Waals surface area contributed by atoms with Crippen LogP contribution < -0.4 is 10.6 Å². The van der Waals surface area contributed by atoms with Crippen molar-refractivity contribution in [1.29, 1.82) is 0 Å². The van der Waals surface area contributed by atoms with Crippen LogP contribution in [0.4, 0.5) is 25.2 Å². The van der Waals surface area contributed by atoms with Crippen molar-refractivity contribution in [2.45, 2.75) is 19.8 Å². The summed E-state index contributed by atoms with van der Waals surface area (Å²) in [6.07, 6.45) is 6.90. The number of allylic oxidation sites excluding steroid dienone is 1. The fourth-order valence-electron chi connectivity index (χ4n) is 2.86. The van der Waals surface area contributed by atoms with Gasteiger partial charge in [0.25, 0.3) is 0 Å². The Balaban J connectivity index is 0.000000445. The molecule has 0 heterocycles. The summed E-state index contributed by atoms with van der Waals surface area (Å²) < 4.78 is 59.2. The molecule has 0 spiro atoms. The molecule has 2 rings (SSSR count). The van der Waals surface area contributed by atoms with Crippen molar-refractivity contribution in [3.63, 3.8) is 0 Å². The van der Waals surface area contributed by atoms with Gasteiger partial charge >= 0.3 is 33.0 Å². The van der Waals surface area contributed by atoms with E-state index >= 15 is 0 Å². The molecule has 0 atom stereocenters. The van der Waals surface area contributed by atoms with E-state index in [2.05, 4.69) is 74.2 Å². The standard InChI is InChI=1S/C19H24P.F6P/c1-3-5-12-17-20(4-2,18-13-8-6-9-14-18)19-15-10-7-11-16-19;1-7(2,3,4,5)6/h3,6-11,13-16H,1,4-5,12,17H2,2H3;/q+1;-1. The first-order valence-corrected chi connectivity index (χ1v) is 12.6. The summed E-state index contributed by atoms with van der Waals surface area (Å²) in [5, 5.41) is 3.08. The third kappa shape index (κ3) is 9.93. The Hall–Kier alpha value is -1.38. The molecule has 0 amide bonds. The molecule has 2 aromatic carbocycles. The first-order chi connectivity index (χ1) is 12.3. The zero-order chi connectivity index (χ0) is 20.7. The molecule has 0 aliphatic heterocycles. The maximum atomic E-state index is 9.87. The van der Waals surface area contributed by atoms with Gasteiger partial charge in [-0.25, -0.2) is 0 Å². The Kier molecular flexibility index (Phi) is 7.29. The third-order valence-electron chi connectivity index (χ3n) is 3.99. The van der Waals surface area contributed by atoms with Gasteiger partial charge in [-0.05, 0) is 44.0 Å². The van der Waals surface area contributed by atoms with Crippen LogP contribution in [0.2, 0.25) is 0 Å². The summed E-state index contributed by atoms with van der Waals surface area (Å²) >= 11 is 0. The van der Waals surface area contributed by atoms with E-state index in [9.17, 15) is 25.2 Å². The molecule has 27 heavy (non-hydrogen) atoms. The maximum absolute atomic E-state index is 10.7. The monoisotopic (exact) mass is 428 g/mol. The van der Waals surface area contributed by atoms with Gasteiger partial charge in [-0.2, -0.15) is 0 Å². The molecule has 0 saturated carbocycles. The molecular formula is C19H24F6P2. The summed E-state index contributed by atoms with van der Waals surface area (Å²) in [6, 6.07) is 22.2.